The lowest BCUT2D eigenvalue weighted by Crippen LogP contribution is -2.32. The number of hydrogen-bond donors (Lipinski definition) is 0. The highest BCUT2D eigenvalue weighted by Crippen LogP contribution is 2.40. The van der Waals surface area contributed by atoms with Crippen molar-refractivity contribution >= 4 is 28.5 Å². The molecule has 1 saturated carbocycles. The van der Waals surface area contributed by atoms with Crippen LogP contribution in [0.1, 0.15) is 38.4 Å². The smallest absolute Gasteiger partial charge is 0.391 e. The van der Waals surface area contributed by atoms with Crippen molar-refractivity contribution in [3.63, 3.8) is 0 Å². The molecular formula is C23H23ClF4N4O3. The van der Waals surface area contributed by atoms with Crippen molar-refractivity contribution in [2.45, 2.75) is 58.4 Å². The van der Waals surface area contributed by atoms with Crippen molar-refractivity contribution in [2.24, 2.45) is 5.92 Å². The van der Waals surface area contributed by atoms with Crippen LogP contribution in [0.15, 0.2) is 18.5 Å². The summed E-state index contributed by atoms with van der Waals surface area (Å²) in [5, 5.41) is 0.468. The van der Waals surface area contributed by atoms with Gasteiger partial charge in [-0.1, -0.05) is 11.6 Å². The molecule has 35 heavy (non-hydrogen) atoms. The molecule has 0 N–H and O–H groups in total. The minimum absolute atomic E-state index is 0.0868. The number of pyridine rings is 1. The fourth-order valence-corrected chi connectivity index (χ4v) is 4.57. The zero-order valence-corrected chi connectivity index (χ0v) is 19.8. The number of aryl methyl sites for hydroxylation is 1. The van der Waals surface area contributed by atoms with Crippen LogP contribution in [0, 0.1) is 18.7 Å². The van der Waals surface area contributed by atoms with Crippen molar-refractivity contribution in [2.75, 3.05) is 6.61 Å². The van der Waals surface area contributed by atoms with Gasteiger partial charge in [-0.15, -0.1) is 0 Å². The molecule has 0 atom stereocenters. The third-order valence-electron chi connectivity index (χ3n) is 5.95. The number of halogens is 5. The van der Waals surface area contributed by atoms with Gasteiger partial charge in [0.05, 0.1) is 18.0 Å². The summed E-state index contributed by atoms with van der Waals surface area (Å²) >= 11 is 6.33. The molecule has 0 radical (unpaired) electrons. The Kier molecular flexibility index (Phi) is 7.16. The van der Waals surface area contributed by atoms with E-state index >= 15 is 4.39 Å². The van der Waals surface area contributed by atoms with Crippen LogP contribution in [-0.2, 0) is 16.1 Å². The fraction of sp³-hybridized carbons (Fsp3) is 0.478. The number of esters is 1. The summed E-state index contributed by atoms with van der Waals surface area (Å²) in [7, 11) is 0. The molecule has 3 heterocycles. The predicted octanol–water partition coefficient (Wildman–Crippen LogP) is 5.66. The number of nitrogens with zero attached hydrogens (tertiary/aromatic N) is 4. The Morgan fingerprint density at radius 2 is 1.94 bits per heavy atom. The summed E-state index contributed by atoms with van der Waals surface area (Å²) < 4.78 is 66.8. The van der Waals surface area contributed by atoms with Gasteiger partial charge in [-0.2, -0.15) is 22.5 Å². The molecule has 0 aliphatic heterocycles. The Morgan fingerprint density at radius 3 is 2.60 bits per heavy atom. The summed E-state index contributed by atoms with van der Waals surface area (Å²) in [5.74, 6) is -2.87. The molecular weight excluding hydrogens is 492 g/mol. The van der Waals surface area contributed by atoms with Crippen LogP contribution in [0.5, 0.6) is 5.88 Å². The predicted molar refractivity (Wildman–Crippen MR) is 120 cm³/mol. The Hall–Kier alpha value is -2.95. The molecule has 7 nitrogen and oxygen atoms in total. The molecule has 0 saturated heterocycles. The molecule has 1 aliphatic rings. The summed E-state index contributed by atoms with van der Waals surface area (Å²) in [4.78, 5) is 24.4. The van der Waals surface area contributed by atoms with Crippen LogP contribution in [0.25, 0.3) is 22.2 Å². The molecule has 0 unspecified atom stereocenters. The summed E-state index contributed by atoms with van der Waals surface area (Å²) in [6.07, 6.45) is -1.76. The van der Waals surface area contributed by atoms with Crippen molar-refractivity contribution in [3.05, 3.63) is 35.3 Å². The van der Waals surface area contributed by atoms with Gasteiger partial charge in [0.1, 0.15) is 29.3 Å². The molecule has 12 heteroatoms. The van der Waals surface area contributed by atoms with Crippen molar-refractivity contribution < 1.29 is 31.8 Å². The van der Waals surface area contributed by atoms with Gasteiger partial charge in [0.15, 0.2) is 0 Å². The zero-order chi connectivity index (χ0) is 25.3. The summed E-state index contributed by atoms with van der Waals surface area (Å²) in [6.45, 7) is 3.31. The highest BCUT2D eigenvalue weighted by molar-refractivity contribution is 6.35. The second kappa shape index (κ2) is 9.96. The first kappa shape index (κ1) is 25.2. The average Bonchev–Trinajstić information content (AvgIpc) is 3.15. The monoisotopic (exact) mass is 514 g/mol. The second-order valence-electron chi connectivity index (χ2n) is 8.34. The van der Waals surface area contributed by atoms with Gasteiger partial charge >= 0.3 is 12.1 Å². The maximum Gasteiger partial charge on any atom is 0.391 e. The van der Waals surface area contributed by atoms with Gasteiger partial charge in [0.25, 0.3) is 5.88 Å². The Bertz CT molecular complexity index is 1240. The molecule has 3 aromatic rings. The lowest BCUT2D eigenvalue weighted by molar-refractivity contribution is -0.185. The maximum absolute atomic E-state index is 15.6. The van der Waals surface area contributed by atoms with Gasteiger partial charge in [-0.05, 0) is 45.6 Å². The minimum atomic E-state index is -4.25. The highest BCUT2D eigenvalue weighted by atomic mass is 35.5. The molecule has 0 bridgehead atoms. The Labute approximate surface area is 203 Å². The number of hydrogen-bond acceptors (Lipinski definition) is 6. The average molecular weight is 515 g/mol. The lowest BCUT2D eigenvalue weighted by Gasteiger charge is -2.30. The van der Waals surface area contributed by atoms with Crippen LogP contribution >= 0.6 is 11.6 Å². The van der Waals surface area contributed by atoms with Crippen molar-refractivity contribution in [3.8, 4) is 17.1 Å². The zero-order valence-electron chi connectivity index (χ0n) is 19.0. The number of carbonyl (C=O) groups excluding carboxylic acids is 1. The van der Waals surface area contributed by atoms with E-state index in [4.69, 9.17) is 21.1 Å². The first-order valence-corrected chi connectivity index (χ1v) is 11.5. The number of fused-ring (bicyclic) bond motifs is 1. The van der Waals surface area contributed by atoms with E-state index in [2.05, 4.69) is 15.0 Å². The molecule has 3 aromatic heterocycles. The molecule has 0 aromatic carbocycles. The molecule has 188 valence electrons. The first-order chi connectivity index (χ1) is 16.6. The largest absolute Gasteiger partial charge is 0.472 e. The number of ether oxygens (including phenoxy) is 2. The first-order valence-electron chi connectivity index (χ1n) is 11.1. The van der Waals surface area contributed by atoms with E-state index in [0.29, 0.717) is 10.9 Å². The highest BCUT2D eigenvalue weighted by Gasteiger charge is 2.42. The third-order valence-corrected chi connectivity index (χ3v) is 6.24. The van der Waals surface area contributed by atoms with Crippen molar-refractivity contribution in [1.29, 1.82) is 0 Å². The van der Waals surface area contributed by atoms with Gasteiger partial charge in [0, 0.05) is 23.3 Å². The Morgan fingerprint density at radius 1 is 1.23 bits per heavy atom. The number of aromatic nitrogens is 4. The van der Waals surface area contributed by atoms with E-state index in [1.807, 2.05) is 0 Å². The minimum Gasteiger partial charge on any atom is -0.472 e. The number of carbonyl (C=O) groups is 1. The molecule has 0 amide bonds. The van der Waals surface area contributed by atoms with Gasteiger partial charge in [0.2, 0.25) is 5.82 Å². The van der Waals surface area contributed by atoms with Crippen LogP contribution in [0.3, 0.4) is 0 Å². The number of alkyl halides is 3. The summed E-state index contributed by atoms with van der Waals surface area (Å²) in [6, 6.07) is 1.63. The third kappa shape index (κ3) is 5.34. The summed E-state index contributed by atoms with van der Waals surface area (Å²) in [5.41, 5.74) is 0.687. The van der Waals surface area contributed by atoms with E-state index in [-0.39, 0.29) is 66.9 Å². The van der Waals surface area contributed by atoms with E-state index in [1.54, 1.807) is 24.5 Å². The number of rotatable bonds is 6. The van der Waals surface area contributed by atoms with Crippen molar-refractivity contribution in [1.82, 2.24) is 19.5 Å². The second-order valence-corrected chi connectivity index (χ2v) is 8.70. The molecule has 1 aliphatic carbocycles. The maximum atomic E-state index is 15.6. The van der Waals surface area contributed by atoms with E-state index in [9.17, 15) is 18.0 Å². The molecule has 1 fully saturated rings. The van der Waals surface area contributed by atoms with E-state index < -0.39 is 30.0 Å². The molecule has 0 spiro atoms. The van der Waals surface area contributed by atoms with Crippen LogP contribution in [0.2, 0.25) is 5.15 Å². The van der Waals surface area contributed by atoms with E-state index in [0.717, 1.165) is 0 Å². The van der Waals surface area contributed by atoms with Gasteiger partial charge in [-0.25, -0.2) is 9.97 Å². The van der Waals surface area contributed by atoms with Gasteiger partial charge < -0.3 is 14.0 Å². The topological polar surface area (TPSA) is 79.1 Å². The molecule has 4 rings (SSSR count). The SMILES string of the molecule is CCOC(=O)Cn1cc(-c2nc(C)nc(OC3CCC(C(F)(F)F)CC3)c2F)c2c(Cl)nccc21. The van der Waals surface area contributed by atoms with Crippen LogP contribution in [0.4, 0.5) is 17.6 Å². The Balaban J connectivity index is 1.68. The van der Waals surface area contributed by atoms with E-state index in [1.165, 1.54) is 12.4 Å². The lowest BCUT2D eigenvalue weighted by atomic mass is 9.87. The fourth-order valence-electron chi connectivity index (χ4n) is 4.32. The standard InChI is InChI=1S/C23H23ClF4N4O3/c1-3-34-17(33)11-32-10-15(18-16(32)8-9-29-21(18)24)20-19(25)22(31-12(2)30-20)35-14-6-4-13(5-7-14)23(26,27)28/h8-10,13-14H,3-7,11H2,1-2H3. The quantitative estimate of drug-likeness (QED) is 0.240. The van der Waals surface area contributed by atoms with Crippen LogP contribution < -0.4 is 4.74 Å². The van der Waals surface area contributed by atoms with Crippen LogP contribution in [-0.4, -0.2) is 44.4 Å². The van der Waals surface area contributed by atoms with Gasteiger partial charge in [-0.3, -0.25) is 4.79 Å². The normalized spacial score (nSPS) is 18.6.